The average molecular weight is 261 g/mol. The van der Waals surface area contributed by atoms with Crippen molar-refractivity contribution >= 4 is 15.9 Å². The Balaban J connectivity index is 2.73. The number of hydrogen-bond acceptors (Lipinski definition) is 4. The molecule has 78 valence electrons. The molecule has 0 aliphatic carbocycles. The van der Waals surface area contributed by atoms with Gasteiger partial charge in [-0.2, -0.15) is 0 Å². The molecule has 4 N–H and O–H groups in total. The molecule has 2 atom stereocenters. The number of rotatable bonds is 4. The fourth-order valence-corrected chi connectivity index (χ4v) is 1.53. The fraction of sp³-hybridized carbons (Fsp3) is 0.444. The largest absolute Gasteiger partial charge is 0.390 e. The minimum atomic E-state index is -0.905. The summed E-state index contributed by atoms with van der Waals surface area (Å²) in [7, 11) is 0. The van der Waals surface area contributed by atoms with Crippen LogP contribution in [-0.4, -0.2) is 27.8 Å². The molecule has 14 heavy (non-hydrogen) atoms. The molecule has 1 aromatic rings. The van der Waals surface area contributed by atoms with Crippen LogP contribution in [0.4, 0.5) is 0 Å². The normalized spacial score (nSPS) is 15.1. The summed E-state index contributed by atoms with van der Waals surface area (Å²) in [5.41, 5.74) is 5.91. The number of nitrogens with two attached hydrogens (primary N) is 1. The Morgan fingerprint density at radius 1 is 1.50 bits per heavy atom. The molecule has 0 saturated carbocycles. The molecule has 0 aromatic carbocycles. The first-order valence-electron chi connectivity index (χ1n) is 4.33. The molecular weight excluding hydrogens is 248 g/mol. The van der Waals surface area contributed by atoms with Crippen molar-refractivity contribution in [1.82, 2.24) is 4.98 Å². The van der Waals surface area contributed by atoms with E-state index in [0.717, 1.165) is 0 Å². The maximum atomic E-state index is 9.69. The predicted molar refractivity (Wildman–Crippen MR) is 56.6 cm³/mol. The third kappa shape index (κ3) is 3.02. The average Bonchev–Trinajstić information content (AvgIpc) is 2.17. The Morgan fingerprint density at radius 2 is 2.21 bits per heavy atom. The SMILES string of the molecule is NCCC(O)C(O)c1ccnc(Br)c1. The molecule has 4 nitrogen and oxygen atoms in total. The number of hydrogen-bond donors (Lipinski definition) is 3. The molecule has 0 amide bonds. The Kier molecular flexibility index (Phi) is 4.47. The topological polar surface area (TPSA) is 79.4 Å². The molecule has 1 rings (SSSR count). The van der Waals surface area contributed by atoms with E-state index in [1.165, 1.54) is 0 Å². The summed E-state index contributed by atoms with van der Waals surface area (Å²) in [5.74, 6) is 0. The van der Waals surface area contributed by atoms with Gasteiger partial charge >= 0.3 is 0 Å². The van der Waals surface area contributed by atoms with E-state index in [1.807, 2.05) is 0 Å². The van der Waals surface area contributed by atoms with Crippen molar-refractivity contribution in [1.29, 1.82) is 0 Å². The van der Waals surface area contributed by atoms with Crippen molar-refractivity contribution in [3.63, 3.8) is 0 Å². The zero-order chi connectivity index (χ0) is 10.6. The van der Waals surface area contributed by atoms with Crippen LogP contribution in [0.5, 0.6) is 0 Å². The van der Waals surface area contributed by atoms with E-state index in [9.17, 15) is 10.2 Å². The fourth-order valence-electron chi connectivity index (χ4n) is 1.15. The minimum absolute atomic E-state index is 0.352. The van der Waals surface area contributed by atoms with Crippen LogP contribution in [-0.2, 0) is 0 Å². The summed E-state index contributed by atoms with van der Waals surface area (Å²) in [6.07, 6.45) is 0.214. The summed E-state index contributed by atoms with van der Waals surface area (Å²) in [6.45, 7) is 0.352. The van der Waals surface area contributed by atoms with Gasteiger partial charge in [-0.05, 0) is 46.6 Å². The molecule has 1 heterocycles. The van der Waals surface area contributed by atoms with E-state index in [4.69, 9.17) is 5.73 Å². The quantitative estimate of drug-likeness (QED) is 0.693. The van der Waals surface area contributed by atoms with Gasteiger partial charge in [-0.3, -0.25) is 0 Å². The van der Waals surface area contributed by atoms with Gasteiger partial charge in [0, 0.05) is 6.20 Å². The first-order chi connectivity index (χ1) is 6.65. The first kappa shape index (κ1) is 11.6. The molecule has 1 aromatic heterocycles. The molecule has 5 heteroatoms. The highest BCUT2D eigenvalue weighted by Gasteiger charge is 2.17. The lowest BCUT2D eigenvalue weighted by Crippen LogP contribution is -2.21. The third-order valence-electron chi connectivity index (χ3n) is 1.92. The molecule has 0 aliphatic rings. The van der Waals surface area contributed by atoms with Gasteiger partial charge in [-0.25, -0.2) is 4.98 Å². The van der Waals surface area contributed by atoms with E-state index >= 15 is 0 Å². The van der Waals surface area contributed by atoms with Crippen LogP contribution >= 0.6 is 15.9 Å². The van der Waals surface area contributed by atoms with E-state index in [0.29, 0.717) is 23.1 Å². The smallest absolute Gasteiger partial charge is 0.106 e. The molecule has 0 bridgehead atoms. The molecule has 0 aliphatic heterocycles. The lowest BCUT2D eigenvalue weighted by Gasteiger charge is -2.17. The van der Waals surface area contributed by atoms with E-state index in [1.54, 1.807) is 18.3 Å². The third-order valence-corrected chi connectivity index (χ3v) is 2.35. The summed E-state index contributed by atoms with van der Waals surface area (Å²) in [6, 6.07) is 3.33. The van der Waals surface area contributed by atoms with Crippen LogP contribution in [0.3, 0.4) is 0 Å². The van der Waals surface area contributed by atoms with Gasteiger partial charge in [0.05, 0.1) is 6.10 Å². The van der Waals surface area contributed by atoms with Gasteiger partial charge in [-0.15, -0.1) is 0 Å². The van der Waals surface area contributed by atoms with Gasteiger partial charge in [0.2, 0.25) is 0 Å². The van der Waals surface area contributed by atoms with Gasteiger partial charge in [0.25, 0.3) is 0 Å². The highest BCUT2D eigenvalue weighted by atomic mass is 79.9. The number of pyridine rings is 1. The second-order valence-electron chi connectivity index (χ2n) is 3.00. The van der Waals surface area contributed by atoms with Gasteiger partial charge in [0.1, 0.15) is 10.7 Å². The van der Waals surface area contributed by atoms with Crippen molar-refractivity contribution in [2.75, 3.05) is 6.54 Å². The highest BCUT2D eigenvalue weighted by Crippen LogP contribution is 2.20. The Bertz CT molecular complexity index is 296. The number of aliphatic hydroxyl groups excluding tert-OH is 2. The molecule has 0 fully saturated rings. The van der Waals surface area contributed by atoms with Gasteiger partial charge in [-0.1, -0.05) is 0 Å². The summed E-state index contributed by atoms with van der Waals surface area (Å²) in [4.78, 5) is 3.93. The van der Waals surface area contributed by atoms with Crippen molar-refractivity contribution < 1.29 is 10.2 Å². The van der Waals surface area contributed by atoms with Crippen molar-refractivity contribution in [2.45, 2.75) is 18.6 Å². The van der Waals surface area contributed by atoms with Crippen LogP contribution in [0.15, 0.2) is 22.9 Å². The molecule has 0 spiro atoms. The van der Waals surface area contributed by atoms with Crippen LogP contribution in [0, 0.1) is 0 Å². The molecular formula is C9H13BrN2O2. The van der Waals surface area contributed by atoms with Crippen LogP contribution in [0.1, 0.15) is 18.1 Å². The van der Waals surface area contributed by atoms with Gasteiger partial charge in [0.15, 0.2) is 0 Å². The standard InChI is InChI=1S/C9H13BrN2O2/c10-8-5-6(2-4-12-8)9(14)7(13)1-3-11/h2,4-5,7,9,13-14H,1,3,11H2. The molecule has 0 radical (unpaired) electrons. The lowest BCUT2D eigenvalue weighted by atomic mass is 10.0. The van der Waals surface area contributed by atoms with Gasteiger partial charge < -0.3 is 15.9 Å². The number of halogens is 1. The number of nitrogens with zero attached hydrogens (tertiary/aromatic N) is 1. The van der Waals surface area contributed by atoms with E-state index < -0.39 is 12.2 Å². The molecule has 0 saturated heterocycles. The Hall–Kier alpha value is -0.490. The minimum Gasteiger partial charge on any atom is -0.390 e. The van der Waals surface area contributed by atoms with Crippen molar-refractivity contribution in [2.24, 2.45) is 5.73 Å². The second kappa shape index (κ2) is 5.41. The zero-order valence-corrected chi connectivity index (χ0v) is 9.18. The summed E-state index contributed by atoms with van der Waals surface area (Å²) in [5, 5.41) is 19.2. The predicted octanol–water partition coefficient (Wildman–Crippen LogP) is 0.587. The van der Waals surface area contributed by atoms with Crippen LogP contribution < -0.4 is 5.73 Å². The van der Waals surface area contributed by atoms with E-state index in [-0.39, 0.29) is 0 Å². The van der Waals surface area contributed by atoms with Crippen molar-refractivity contribution in [3.05, 3.63) is 28.5 Å². The van der Waals surface area contributed by atoms with Crippen molar-refractivity contribution in [3.8, 4) is 0 Å². The zero-order valence-electron chi connectivity index (χ0n) is 7.60. The Labute approximate surface area is 90.9 Å². The summed E-state index contributed by atoms with van der Waals surface area (Å²) >= 11 is 3.19. The lowest BCUT2D eigenvalue weighted by molar-refractivity contribution is 0.0149. The first-order valence-corrected chi connectivity index (χ1v) is 5.12. The highest BCUT2D eigenvalue weighted by molar-refractivity contribution is 9.10. The van der Waals surface area contributed by atoms with E-state index in [2.05, 4.69) is 20.9 Å². The monoisotopic (exact) mass is 260 g/mol. The maximum absolute atomic E-state index is 9.69. The maximum Gasteiger partial charge on any atom is 0.106 e. The van der Waals surface area contributed by atoms with Crippen LogP contribution in [0.25, 0.3) is 0 Å². The number of aliphatic hydroxyl groups is 2. The Morgan fingerprint density at radius 3 is 2.79 bits per heavy atom. The summed E-state index contributed by atoms with van der Waals surface area (Å²) < 4.78 is 0.633. The molecule has 2 unspecified atom stereocenters. The second-order valence-corrected chi connectivity index (χ2v) is 3.81. The van der Waals surface area contributed by atoms with Crippen LogP contribution in [0.2, 0.25) is 0 Å². The number of aromatic nitrogens is 1.